The Kier molecular flexibility index (Phi) is 5.15. The molecule has 3 nitrogen and oxygen atoms in total. The van der Waals surface area contributed by atoms with Crippen molar-refractivity contribution in [3.8, 4) is 5.75 Å². The standard InChI is InChI=1S/C13H21NO2S/c1-4-13(15,5-2)9-17-12-7-6-10(14)8-11(12)16-3/h6-8,15H,4-5,9,14H2,1-3H3. The average Bonchev–Trinajstić information content (AvgIpc) is 2.36. The monoisotopic (exact) mass is 255 g/mol. The van der Waals surface area contributed by atoms with Gasteiger partial charge in [0.15, 0.2) is 0 Å². The summed E-state index contributed by atoms with van der Waals surface area (Å²) in [6.45, 7) is 4.01. The molecule has 0 aliphatic heterocycles. The average molecular weight is 255 g/mol. The highest BCUT2D eigenvalue weighted by molar-refractivity contribution is 7.99. The van der Waals surface area contributed by atoms with E-state index in [1.165, 1.54) is 0 Å². The summed E-state index contributed by atoms with van der Waals surface area (Å²) in [6.07, 6.45) is 1.52. The highest BCUT2D eigenvalue weighted by atomic mass is 32.2. The van der Waals surface area contributed by atoms with Crippen LogP contribution >= 0.6 is 11.8 Å². The fraction of sp³-hybridized carbons (Fsp3) is 0.538. The van der Waals surface area contributed by atoms with Gasteiger partial charge < -0.3 is 15.6 Å². The maximum atomic E-state index is 10.2. The van der Waals surface area contributed by atoms with Crippen molar-refractivity contribution < 1.29 is 9.84 Å². The van der Waals surface area contributed by atoms with Gasteiger partial charge in [0, 0.05) is 22.4 Å². The van der Waals surface area contributed by atoms with Gasteiger partial charge in [-0.25, -0.2) is 0 Å². The summed E-state index contributed by atoms with van der Waals surface area (Å²) < 4.78 is 5.28. The van der Waals surface area contributed by atoms with Crippen molar-refractivity contribution in [2.75, 3.05) is 18.6 Å². The number of anilines is 1. The van der Waals surface area contributed by atoms with E-state index >= 15 is 0 Å². The Hall–Kier alpha value is -0.870. The van der Waals surface area contributed by atoms with Gasteiger partial charge in [-0.05, 0) is 25.0 Å². The molecule has 1 rings (SSSR count). The molecule has 96 valence electrons. The van der Waals surface area contributed by atoms with Crippen LogP contribution < -0.4 is 10.5 Å². The van der Waals surface area contributed by atoms with Crippen LogP contribution in [-0.4, -0.2) is 23.6 Å². The molecule has 1 aromatic rings. The van der Waals surface area contributed by atoms with Gasteiger partial charge in [0.1, 0.15) is 5.75 Å². The molecule has 3 N–H and O–H groups in total. The SMILES string of the molecule is CCC(O)(CC)CSc1ccc(N)cc1OC. The Labute approximate surface area is 107 Å². The molecule has 0 fully saturated rings. The maximum absolute atomic E-state index is 10.2. The van der Waals surface area contributed by atoms with Gasteiger partial charge in [-0.15, -0.1) is 11.8 Å². The zero-order chi connectivity index (χ0) is 12.9. The molecule has 0 saturated carbocycles. The lowest BCUT2D eigenvalue weighted by molar-refractivity contribution is 0.0572. The lowest BCUT2D eigenvalue weighted by Crippen LogP contribution is -2.29. The lowest BCUT2D eigenvalue weighted by Gasteiger charge is -2.24. The molecular weight excluding hydrogens is 234 g/mol. The predicted octanol–water partition coefficient (Wildman–Crippen LogP) is 2.92. The second-order valence-electron chi connectivity index (χ2n) is 4.13. The summed E-state index contributed by atoms with van der Waals surface area (Å²) in [5.74, 6) is 1.44. The summed E-state index contributed by atoms with van der Waals surface area (Å²) >= 11 is 1.61. The van der Waals surface area contributed by atoms with Crippen LogP contribution in [0.4, 0.5) is 5.69 Å². The van der Waals surface area contributed by atoms with Gasteiger partial charge in [-0.2, -0.15) is 0 Å². The summed E-state index contributed by atoms with van der Waals surface area (Å²) in [5.41, 5.74) is 5.79. The fourth-order valence-electron chi connectivity index (χ4n) is 1.47. The van der Waals surface area contributed by atoms with E-state index < -0.39 is 5.60 Å². The maximum Gasteiger partial charge on any atom is 0.134 e. The number of hydrogen-bond donors (Lipinski definition) is 2. The number of methoxy groups -OCH3 is 1. The van der Waals surface area contributed by atoms with Crippen LogP contribution in [0.15, 0.2) is 23.1 Å². The molecule has 0 saturated heterocycles. The van der Waals surface area contributed by atoms with E-state index in [-0.39, 0.29) is 0 Å². The number of nitrogens with two attached hydrogens (primary N) is 1. The zero-order valence-electron chi connectivity index (χ0n) is 10.7. The molecule has 0 aliphatic rings. The Morgan fingerprint density at radius 1 is 1.35 bits per heavy atom. The summed E-state index contributed by atoms with van der Waals surface area (Å²) in [7, 11) is 1.63. The van der Waals surface area contributed by atoms with Crippen molar-refractivity contribution in [1.82, 2.24) is 0 Å². The largest absolute Gasteiger partial charge is 0.496 e. The quantitative estimate of drug-likeness (QED) is 0.606. The number of nitrogen functional groups attached to an aromatic ring is 1. The van der Waals surface area contributed by atoms with Gasteiger partial charge in [-0.1, -0.05) is 13.8 Å². The minimum Gasteiger partial charge on any atom is -0.496 e. The van der Waals surface area contributed by atoms with Gasteiger partial charge in [-0.3, -0.25) is 0 Å². The second kappa shape index (κ2) is 6.17. The molecule has 1 aromatic carbocycles. The zero-order valence-corrected chi connectivity index (χ0v) is 11.5. The van der Waals surface area contributed by atoms with Crippen LogP contribution in [0.5, 0.6) is 5.75 Å². The summed E-state index contributed by atoms with van der Waals surface area (Å²) in [5, 5.41) is 10.2. The molecule has 0 spiro atoms. The molecule has 4 heteroatoms. The van der Waals surface area contributed by atoms with Gasteiger partial charge >= 0.3 is 0 Å². The van der Waals surface area contributed by atoms with Crippen molar-refractivity contribution in [2.45, 2.75) is 37.2 Å². The first kappa shape index (κ1) is 14.2. The highest BCUT2D eigenvalue weighted by Gasteiger charge is 2.22. The van der Waals surface area contributed by atoms with Crippen molar-refractivity contribution in [3.63, 3.8) is 0 Å². The molecule has 0 heterocycles. The smallest absolute Gasteiger partial charge is 0.134 e. The topological polar surface area (TPSA) is 55.5 Å². The molecule has 0 aliphatic carbocycles. The molecule has 0 aromatic heterocycles. The number of benzene rings is 1. The molecule has 0 amide bonds. The van der Waals surface area contributed by atoms with Gasteiger partial charge in [0.2, 0.25) is 0 Å². The van der Waals surface area contributed by atoms with Crippen LogP contribution in [0.25, 0.3) is 0 Å². The number of rotatable bonds is 6. The third kappa shape index (κ3) is 3.82. The van der Waals surface area contributed by atoms with Crippen molar-refractivity contribution in [1.29, 1.82) is 0 Å². The van der Waals surface area contributed by atoms with Crippen LogP contribution in [0.1, 0.15) is 26.7 Å². The van der Waals surface area contributed by atoms with Crippen molar-refractivity contribution in [3.05, 3.63) is 18.2 Å². The lowest BCUT2D eigenvalue weighted by atomic mass is 10.0. The van der Waals surface area contributed by atoms with Crippen LogP contribution in [0, 0.1) is 0 Å². The number of aliphatic hydroxyl groups is 1. The van der Waals surface area contributed by atoms with E-state index in [2.05, 4.69) is 0 Å². The Morgan fingerprint density at radius 2 is 2.00 bits per heavy atom. The Bertz CT molecular complexity index is 364. The first-order valence-corrected chi connectivity index (χ1v) is 6.82. The molecule has 0 atom stereocenters. The number of thioether (sulfide) groups is 1. The normalized spacial score (nSPS) is 11.5. The summed E-state index contributed by atoms with van der Waals surface area (Å²) in [6, 6.07) is 5.59. The van der Waals surface area contributed by atoms with Crippen LogP contribution in [0.3, 0.4) is 0 Å². The third-order valence-electron chi connectivity index (χ3n) is 3.00. The van der Waals surface area contributed by atoms with Crippen molar-refractivity contribution in [2.24, 2.45) is 0 Å². The molecule has 17 heavy (non-hydrogen) atoms. The molecule has 0 radical (unpaired) electrons. The number of hydrogen-bond acceptors (Lipinski definition) is 4. The summed E-state index contributed by atoms with van der Waals surface area (Å²) in [4.78, 5) is 1.02. The van der Waals surface area contributed by atoms with E-state index in [1.54, 1.807) is 24.9 Å². The van der Waals surface area contributed by atoms with Gasteiger partial charge in [0.25, 0.3) is 0 Å². The third-order valence-corrected chi connectivity index (χ3v) is 4.33. The Balaban J connectivity index is 2.75. The minimum absolute atomic E-state index is 0.600. The first-order chi connectivity index (χ1) is 8.04. The molecule has 0 unspecified atom stereocenters. The van der Waals surface area contributed by atoms with E-state index in [0.717, 1.165) is 23.5 Å². The number of ether oxygens (including phenoxy) is 1. The molecular formula is C13H21NO2S. The minimum atomic E-state index is -0.600. The van der Waals surface area contributed by atoms with E-state index in [4.69, 9.17) is 10.5 Å². The Morgan fingerprint density at radius 3 is 2.53 bits per heavy atom. The second-order valence-corrected chi connectivity index (χ2v) is 5.15. The van der Waals surface area contributed by atoms with E-state index in [0.29, 0.717) is 11.4 Å². The van der Waals surface area contributed by atoms with E-state index in [9.17, 15) is 5.11 Å². The van der Waals surface area contributed by atoms with Gasteiger partial charge in [0.05, 0.1) is 12.7 Å². The molecule has 0 bridgehead atoms. The highest BCUT2D eigenvalue weighted by Crippen LogP contribution is 2.34. The van der Waals surface area contributed by atoms with Crippen LogP contribution in [0.2, 0.25) is 0 Å². The van der Waals surface area contributed by atoms with Crippen LogP contribution in [-0.2, 0) is 0 Å². The fourth-order valence-corrected chi connectivity index (χ4v) is 2.75. The predicted molar refractivity (Wildman–Crippen MR) is 73.7 cm³/mol. The van der Waals surface area contributed by atoms with Crippen molar-refractivity contribution >= 4 is 17.4 Å². The van der Waals surface area contributed by atoms with E-state index in [1.807, 2.05) is 26.0 Å². The first-order valence-electron chi connectivity index (χ1n) is 5.83.